The summed E-state index contributed by atoms with van der Waals surface area (Å²) in [6, 6.07) is 0. The van der Waals surface area contributed by atoms with Gasteiger partial charge in [-0.1, -0.05) is 6.58 Å². The molecule has 0 aliphatic heterocycles. The fraction of sp³-hybridized carbons (Fsp3) is 0.833. The van der Waals surface area contributed by atoms with Crippen LogP contribution in [0.4, 0.5) is 26.3 Å². The molecule has 0 amide bonds. The minimum atomic E-state index is -5.95. The van der Waals surface area contributed by atoms with E-state index in [0.717, 1.165) is 26.2 Å². The number of rotatable bonds is 7. The molecule has 5 nitrogen and oxygen atoms in total. The molecule has 198 valence electrons. The van der Waals surface area contributed by atoms with Crippen LogP contribution in [0.5, 0.6) is 0 Å². The number of halogens is 6. The fourth-order valence-electron chi connectivity index (χ4n) is 7.64. The standard InChI is InChI=1S/C24H30F6O5/c1-10(2)20(31)34-9-14-4-12-5-15(14)18-13-6-16(19(12)18)17(7-13)21(32)35-11(3)8-22(33,23(25,26)27)24(28,29)30/h11-19,33H,1,4-9H2,2-3H3. The van der Waals surface area contributed by atoms with Crippen molar-refractivity contribution in [2.45, 2.75) is 70.0 Å². The summed E-state index contributed by atoms with van der Waals surface area (Å²) in [4.78, 5) is 24.5. The monoisotopic (exact) mass is 512 g/mol. The Morgan fingerprint density at radius 1 is 0.971 bits per heavy atom. The minimum absolute atomic E-state index is 0.0114. The summed E-state index contributed by atoms with van der Waals surface area (Å²) in [6.45, 7) is 6.43. The summed E-state index contributed by atoms with van der Waals surface area (Å²) in [5, 5.41) is 9.39. The van der Waals surface area contributed by atoms with Crippen LogP contribution in [0.2, 0.25) is 0 Å². The predicted molar refractivity (Wildman–Crippen MR) is 109 cm³/mol. The van der Waals surface area contributed by atoms with E-state index in [2.05, 4.69) is 6.58 Å². The third kappa shape index (κ3) is 4.35. The van der Waals surface area contributed by atoms with Crippen LogP contribution in [-0.4, -0.2) is 47.7 Å². The van der Waals surface area contributed by atoms with Gasteiger partial charge in [-0.05, 0) is 81.0 Å². The number of hydrogen-bond acceptors (Lipinski definition) is 5. The summed E-state index contributed by atoms with van der Waals surface area (Å²) in [5.74, 6) is 0.0737. The Hall–Kier alpha value is -1.78. The number of aliphatic hydroxyl groups is 1. The molecule has 1 N–H and O–H groups in total. The smallest absolute Gasteiger partial charge is 0.426 e. The van der Waals surface area contributed by atoms with Crippen LogP contribution in [-0.2, 0) is 19.1 Å². The second-order valence-corrected chi connectivity index (χ2v) is 11.0. The molecule has 0 radical (unpaired) electrons. The lowest BCUT2D eigenvalue weighted by molar-refractivity contribution is -0.373. The second kappa shape index (κ2) is 8.66. The Balaban J connectivity index is 1.36. The van der Waals surface area contributed by atoms with Gasteiger partial charge in [0.2, 0.25) is 0 Å². The third-order valence-electron chi connectivity index (χ3n) is 8.87. The zero-order valence-electron chi connectivity index (χ0n) is 19.5. The van der Waals surface area contributed by atoms with Gasteiger partial charge in [0.15, 0.2) is 0 Å². The van der Waals surface area contributed by atoms with Gasteiger partial charge in [-0.25, -0.2) is 4.79 Å². The second-order valence-electron chi connectivity index (χ2n) is 11.0. The van der Waals surface area contributed by atoms with E-state index in [1.54, 1.807) is 6.92 Å². The van der Waals surface area contributed by atoms with Crippen molar-refractivity contribution in [2.24, 2.45) is 47.3 Å². The van der Waals surface area contributed by atoms with E-state index in [0.29, 0.717) is 36.4 Å². The maximum absolute atomic E-state index is 13.0. The van der Waals surface area contributed by atoms with Crippen molar-refractivity contribution in [3.8, 4) is 0 Å². The van der Waals surface area contributed by atoms with Gasteiger partial charge in [0, 0.05) is 12.0 Å². The molecule has 0 aromatic carbocycles. The predicted octanol–water partition coefficient (Wildman–Crippen LogP) is 4.83. The van der Waals surface area contributed by atoms with Gasteiger partial charge in [-0.3, -0.25) is 4.79 Å². The number of ether oxygens (including phenoxy) is 2. The van der Waals surface area contributed by atoms with Gasteiger partial charge in [0.1, 0.15) is 6.10 Å². The Morgan fingerprint density at radius 3 is 2.09 bits per heavy atom. The van der Waals surface area contributed by atoms with Crippen LogP contribution in [0.15, 0.2) is 12.2 Å². The zero-order chi connectivity index (χ0) is 26.1. The Morgan fingerprint density at radius 2 is 1.51 bits per heavy atom. The molecule has 4 bridgehead atoms. The van der Waals surface area contributed by atoms with E-state index in [-0.39, 0.29) is 23.7 Å². The molecule has 0 saturated heterocycles. The van der Waals surface area contributed by atoms with Crippen LogP contribution >= 0.6 is 0 Å². The summed E-state index contributed by atoms with van der Waals surface area (Å²) >= 11 is 0. The highest BCUT2D eigenvalue weighted by Crippen LogP contribution is 2.70. The molecular formula is C24H30F6O5. The average Bonchev–Trinajstić information content (AvgIpc) is 3.47. The number of hydrogen-bond donors (Lipinski definition) is 1. The number of carbonyl (C=O) groups is 2. The number of esters is 2. The maximum Gasteiger partial charge on any atom is 0.426 e. The van der Waals surface area contributed by atoms with Crippen molar-refractivity contribution in [1.82, 2.24) is 0 Å². The van der Waals surface area contributed by atoms with E-state index in [1.165, 1.54) is 0 Å². The van der Waals surface area contributed by atoms with Crippen molar-refractivity contribution >= 4 is 11.9 Å². The molecule has 4 rings (SSSR count). The zero-order valence-corrected chi connectivity index (χ0v) is 19.5. The molecule has 9 unspecified atom stereocenters. The SMILES string of the molecule is C=C(C)C(=O)OCC1CC2CC1C1C3CC(C(=O)OC(C)CC(O)(C(F)(F)F)C(F)(F)F)C(C3)C21. The van der Waals surface area contributed by atoms with Crippen molar-refractivity contribution in [2.75, 3.05) is 6.61 Å². The summed E-state index contributed by atoms with van der Waals surface area (Å²) in [5.41, 5.74) is -4.61. The molecule has 4 fully saturated rings. The normalized spacial score (nSPS) is 36.7. The first-order valence-corrected chi connectivity index (χ1v) is 11.9. The van der Waals surface area contributed by atoms with Crippen LogP contribution in [0.1, 0.15) is 46.0 Å². The number of alkyl halides is 6. The number of fused-ring (bicyclic) bond motifs is 9. The lowest BCUT2D eigenvalue weighted by Gasteiger charge is -2.41. The Kier molecular flexibility index (Phi) is 6.50. The summed E-state index contributed by atoms with van der Waals surface area (Å²) < 4.78 is 88.3. The summed E-state index contributed by atoms with van der Waals surface area (Å²) in [7, 11) is 0. The molecule has 0 aromatic rings. The molecule has 4 aliphatic carbocycles. The topological polar surface area (TPSA) is 72.8 Å². The molecule has 0 spiro atoms. The highest BCUT2D eigenvalue weighted by molar-refractivity contribution is 5.86. The van der Waals surface area contributed by atoms with E-state index >= 15 is 0 Å². The van der Waals surface area contributed by atoms with Gasteiger partial charge in [0.05, 0.1) is 12.5 Å². The molecular weight excluding hydrogens is 482 g/mol. The minimum Gasteiger partial charge on any atom is -0.462 e. The van der Waals surface area contributed by atoms with E-state index in [9.17, 15) is 41.0 Å². The van der Waals surface area contributed by atoms with Gasteiger partial charge >= 0.3 is 24.3 Å². The van der Waals surface area contributed by atoms with E-state index < -0.39 is 48.3 Å². The first-order chi connectivity index (χ1) is 16.0. The first-order valence-electron chi connectivity index (χ1n) is 11.9. The van der Waals surface area contributed by atoms with E-state index in [4.69, 9.17) is 9.47 Å². The van der Waals surface area contributed by atoms with Crippen molar-refractivity contribution in [3.63, 3.8) is 0 Å². The van der Waals surface area contributed by atoms with Crippen molar-refractivity contribution in [3.05, 3.63) is 12.2 Å². The molecule has 11 heteroatoms. The fourth-order valence-corrected chi connectivity index (χ4v) is 7.64. The molecule has 0 aromatic heterocycles. The van der Waals surface area contributed by atoms with Gasteiger partial charge in [-0.2, -0.15) is 26.3 Å². The lowest BCUT2D eigenvalue weighted by atomic mass is 9.65. The van der Waals surface area contributed by atoms with Crippen LogP contribution in [0.3, 0.4) is 0 Å². The first kappa shape index (κ1) is 26.3. The van der Waals surface area contributed by atoms with Crippen LogP contribution < -0.4 is 0 Å². The molecule has 4 aliphatic rings. The average molecular weight is 512 g/mol. The largest absolute Gasteiger partial charge is 0.462 e. The maximum atomic E-state index is 13.0. The van der Waals surface area contributed by atoms with Crippen molar-refractivity contribution < 1.29 is 50.5 Å². The van der Waals surface area contributed by atoms with Gasteiger partial charge < -0.3 is 14.6 Å². The van der Waals surface area contributed by atoms with Gasteiger partial charge in [-0.15, -0.1) is 0 Å². The third-order valence-corrected chi connectivity index (χ3v) is 8.87. The molecule has 4 saturated carbocycles. The summed E-state index contributed by atoms with van der Waals surface area (Å²) in [6.07, 6.45) is -12.4. The number of carbonyl (C=O) groups excluding carboxylic acids is 2. The van der Waals surface area contributed by atoms with Crippen LogP contribution in [0, 0.1) is 47.3 Å². The van der Waals surface area contributed by atoms with Crippen LogP contribution in [0.25, 0.3) is 0 Å². The lowest BCUT2D eigenvalue weighted by Crippen LogP contribution is -2.58. The quantitative estimate of drug-likeness (QED) is 0.229. The van der Waals surface area contributed by atoms with E-state index in [1.807, 2.05) is 0 Å². The van der Waals surface area contributed by atoms with Crippen molar-refractivity contribution in [1.29, 1.82) is 0 Å². The molecule has 9 atom stereocenters. The van der Waals surface area contributed by atoms with Gasteiger partial charge in [0.25, 0.3) is 5.60 Å². The highest BCUT2D eigenvalue weighted by atomic mass is 19.4. The molecule has 0 heterocycles. The Labute approximate surface area is 199 Å². The Bertz CT molecular complexity index is 869. The highest BCUT2D eigenvalue weighted by Gasteiger charge is 2.71. The molecule has 35 heavy (non-hydrogen) atoms.